The van der Waals surface area contributed by atoms with Crippen LogP contribution in [0.25, 0.3) is 0 Å². The molecular formula is C17H21N3O. The number of nitriles is 1. The van der Waals surface area contributed by atoms with Crippen molar-refractivity contribution in [2.75, 3.05) is 26.2 Å². The van der Waals surface area contributed by atoms with E-state index in [1.54, 1.807) is 24.3 Å². The Labute approximate surface area is 126 Å². The molecule has 0 radical (unpaired) electrons. The molecule has 1 heterocycles. The van der Waals surface area contributed by atoms with Gasteiger partial charge in [0.15, 0.2) is 0 Å². The van der Waals surface area contributed by atoms with Crippen LogP contribution in [-0.2, 0) is 0 Å². The summed E-state index contributed by atoms with van der Waals surface area (Å²) in [5.41, 5.74) is 2.57. The number of hydrogen-bond acceptors (Lipinski definition) is 3. The zero-order chi connectivity index (χ0) is 15.1. The fourth-order valence-electron chi connectivity index (χ4n) is 2.47. The van der Waals surface area contributed by atoms with Gasteiger partial charge in [-0.15, -0.1) is 0 Å². The van der Waals surface area contributed by atoms with Gasteiger partial charge in [-0.25, -0.2) is 0 Å². The molecule has 0 bridgehead atoms. The van der Waals surface area contributed by atoms with Crippen molar-refractivity contribution < 1.29 is 4.79 Å². The summed E-state index contributed by atoms with van der Waals surface area (Å²) in [6.45, 7) is 6.06. The van der Waals surface area contributed by atoms with Gasteiger partial charge in [-0.1, -0.05) is 18.6 Å². The van der Waals surface area contributed by atoms with Gasteiger partial charge in [-0.05, 0) is 43.7 Å². The predicted molar refractivity (Wildman–Crippen MR) is 82.9 cm³/mol. The van der Waals surface area contributed by atoms with Crippen LogP contribution < -0.4 is 5.32 Å². The molecule has 0 unspecified atom stereocenters. The van der Waals surface area contributed by atoms with E-state index in [1.165, 1.54) is 5.57 Å². The monoisotopic (exact) mass is 283 g/mol. The summed E-state index contributed by atoms with van der Waals surface area (Å²) < 4.78 is 0. The standard InChI is InChI=1S/C17H21N3O/c1-2-20-11-3-4-15(13-20)9-10-19-17(21)16-7-5-14(12-18)6-8-16/h4-8H,2-3,9-11,13H2,1H3,(H,19,21). The van der Waals surface area contributed by atoms with Crippen LogP contribution >= 0.6 is 0 Å². The fraction of sp³-hybridized carbons (Fsp3) is 0.412. The third kappa shape index (κ3) is 4.44. The largest absolute Gasteiger partial charge is 0.352 e. The van der Waals surface area contributed by atoms with E-state index < -0.39 is 0 Å². The number of carbonyl (C=O) groups is 1. The van der Waals surface area contributed by atoms with Crippen molar-refractivity contribution in [3.05, 3.63) is 47.0 Å². The first-order valence-electron chi connectivity index (χ1n) is 7.41. The fourth-order valence-corrected chi connectivity index (χ4v) is 2.47. The summed E-state index contributed by atoms with van der Waals surface area (Å²) in [5.74, 6) is -0.0803. The number of benzene rings is 1. The summed E-state index contributed by atoms with van der Waals surface area (Å²) in [6, 6.07) is 8.75. The highest BCUT2D eigenvalue weighted by Crippen LogP contribution is 2.12. The molecule has 0 saturated carbocycles. The van der Waals surface area contributed by atoms with Gasteiger partial charge < -0.3 is 5.32 Å². The lowest BCUT2D eigenvalue weighted by atomic mass is 10.1. The predicted octanol–water partition coefficient (Wildman–Crippen LogP) is 2.33. The average Bonchev–Trinajstić information content (AvgIpc) is 2.55. The number of nitrogens with one attached hydrogen (secondary N) is 1. The number of amides is 1. The SMILES string of the molecule is CCN1CCC=C(CCNC(=O)c2ccc(C#N)cc2)C1. The molecule has 2 rings (SSSR count). The molecule has 0 aliphatic carbocycles. The van der Waals surface area contributed by atoms with Crippen LogP contribution in [-0.4, -0.2) is 37.0 Å². The lowest BCUT2D eigenvalue weighted by Crippen LogP contribution is -2.31. The van der Waals surface area contributed by atoms with E-state index in [0.29, 0.717) is 17.7 Å². The van der Waals surface area contributed by atoms with Crippen molar-refractivity contribution >= 4 is 5.91 Å². The van der Waals surface area contributed by atoms with E-state index in [9.17, 15) is 4.79 Å². The molecule has 1 N–H and O–H groups in total. The minimum atomic E-state index is -0.0803. The van der Waals surface area contributed by atoms with E-state index in [-0.39, 0.29) is 5.91 Å². The van der Waals surface area contributed by atoms with E-state index in [0.717, 1.165) is 32.5 Å². The first-order chi connectivity index (χ1) is 10.2. The number of nitrogens with zero attached hydrogens (tertiary/aromatic N) is 2. The Kier molecular flexibility index (Phi) is 5.53. The number of rotatable bonds is 5. The Morgan fingerprint density at radius 3 is 2.81 bits per heavy atom. The number of hydrogen-bond donors (Lipinski definition) is 1. The molecule has 0 spiro atoms. The molecule has 1 aliphatic rings. The summed E-state index contributed by atoms with van der Waals surface area (Å²) >= 11 is 0. The smallest absolute Gasteiger partial charge is 0.251 e. The Morgan fingerprint density at radius 2 is 2.14 bits per heavy atom. The quantitative estimate of drug-likeness (QED) is 0.844. The molecule has 21 heavy (non-hydrogen) atoms. The zero-order valence-electron chi connectivity index (χ0n) is 12.4. The van der Waals surface area contributed by atoms with Crippen LogP contribution in [0.15, 0.2) is 35.9 Å². The van der Waals surface area contributed by atoms with Crippen LogP contribution in [0, 0.1) is 11.3 Å². The van der Waals surface area contributed by atoms with Gasteiger partial charge in [-0.3, -0.25) is 9.69 Å². The maximum Gasteiger partial charge on any atom is 0.251 e. The second-order valence-electron chi connectivity index (χ2n) is 5.21. The molecule has 0 fully saturated rings. The molecule has 110 valence electrons. The van der Waals surface area contributed by atoms with E-state index in [2.05, 4.69) is 23.2 Å². The van der Waals surface area contributed by atoms with Gasteiger partial charge in [0.1, 0.15) is 0 Å². The van der Waals surface area contributed by atoms with Crippen molar-refractivity contribution in [2.24, 2.45) is 0 Å². The van der Waals surface area contributed by atoms with Crippen molar-refractivity contribution in [2.45, 2.75) is 19.8 Å². The first-order valence-corrected chi connectivity index (χ1v) is 7.41. The average molecular weight is 283 g/mol. The summed E-state index contributed by atoms with van der Waals surface area (Å²) in [4.78, 5) is 14.4. The third-order valence-electron chi connectivity index (χ3n) is 3.76. The van der Waals surface area contributed by atoms with Crippen molar-refractivity contribution in [3.8, 4) is 6.07 Å². The van der Waals surface area contributed by atoms with Crippen molar-refractivity contribution in [1.82, 2.24) is 10.2 Å². The van der Waals surface area contributed by atoms with Crippen molar-refractivity contribution in [3.63, 3.8) is 0 Å². The van der Waals surface area contributed by atoms with Gasteiger partial charge in [0.25, 0.3) is 5.91 Å². The Hall–Kier alpha value is -2.12. The Bertz CT molecular complexity index is 554. The van der Waals surface area contributed by atoms with Gasteiger partial charge in [0.05, 0.1) is 11.6 Å². The van der Waals surface area contributed by atoms with Crippen molar-refractivity contribution in [1.29, 1.82) is 5.26 Å². The molecule has 4 heteroatoms. The van der Waals surface area contributed by atoms with Crippen LogP contribution in [0.3, 0.4) is 0 Å². The number of likely N-dealkylation sites (N-methyl/N-ethyl adjacent to an activating group) is 1. The lowest BCUT2D eigenvalue weighted by molar-refractivity contribution is 0.0954. The summed E-state index contributed by atoms with van der Waals surface area (Å²) in [6.07, 6.45) is 4.30. The third-order valence-corrected chi connectivity index (χ3v) is 3.76. The van der Waals surface area contributed by atoms with Crippen LogP contribution in [0.4, 0.5) is 0 Å². The molecule has 1 aliphatic heterocycles. The summed E-state index contributed by atoms with van der Waals surface area (Å²) in [5, 5.41) is 11.7. The second-order valence-corrected chi connectivity index (χ2v) is 5.21. The zero-order valence-corrected chi connectivity index (χ0v) is 12.4. The van der Waals surface area contributed by atoms with Gasteiger partial charge in [-0.2, -0.15) is 5.26 Å². The van der Waals surface area contributed by atoms with Gasteiger partial charge in [0, 0.05) is 25.2 Å². The van der Waals surface area contributed by atoms with Gasteiger partial charge in [0.2, 0.25) is 0 Å². The molecule has 4 nitrogen and oxygen atoms in total. The van der Waals surface area contributed by atoms with Crippen LogP contribution in [0.2, 0.25) is 0 Å². The highest BCUT2D eigenvalue weighted by Gasteiger charge is 2.11. The highest BCUT2D eigenvalue weighted by atomic mass is 16.1. The molecule has 0 atom stereocenters. The first kappa shape index (κ1) is 15.3. The maximum absolute atomic E-state index is 12.0. The normalized spacial score (nSPS) is 15.1. The Morgan fingerprint density at radius 1 is 1.38 bits per heavy atom. The molecule has 1 aromatic carbocycles. The number of carbonyl (C=O) groups excluding carboxylic acids is 1. The molecule has 0 aromatic heterocycles. The summed E-state index contributed by atoms with van der Waals surface area (Å²) in [7, 11) is 0. The highest BCUT2D eigenvalue weighted by molar-refractivity contribution is 5.94. The minimum absolute atomic E-state index is 0.0803. The minimum Gasteiger partial charge on any atom is -0.352 e. The van der Waals surface area contributed by atoms with Crippen LogP contribution in [0.5, 0.6) is 0 Å². The van der Waals surface area contributed by atoms with E-state index >= 15 is 0 Å². The van der Waals surface area contributed by atoms with Gasteiger partial charge >= 0.3 is 0 Å². The molecular weight excluding hydrogens is 262 g/mol. The molecule has 1 amide bonds. The lowest BCUT2D eigenvalue weighted by Gasteiger charge is -2.25. The van der Waals surface area contributed by atoms with E-state index in [1.807, 2.05) is 6.07 Å². The molecule has 1 aromatic rings. The van der Waals surface area contributed by atoms with Crippen LogP contribution in [0.1, 0.15) is 35.7 Å². The second kappa shape index (κ2) is 7.61. The Balaban J connectivity index is 1.79. The molecule has 0 saturated heterocycles. The topological polar surface area (TPSA) is 56.1 Å². The van der Waals surface area contributed by atoms with E-state index in [4.69, 9.17) is 5.26 Å². The maximum atomic E-state index is 12.0.